The number of aryl methyl sites for hydroxylation is 1. The molecule has 1 amide bonds. The first kappa shape index (κ1) is 19.0. The third-order valence-corrected chi connectivity index (χ3v) is 5.43. The lowest BCUT2D eigenvalue weighted by Gasteiger charge is -2.03. The molecule has 1 N–H and O–H groups in total. The fraction of sp³-hybridized carbons (Fsp3) is 0.238. The maximum atomic E-state index is 12.5. The van der Waals surface area contributed by atoms with E-state index in [9.17, 15) is 9.00 Å². The molecule has 1 heterocycles. The molecule has 2 aromatic carbocycles. The van der Waals surface area contributed by atoms with Crippen molar-refractivity contribution in [3.8, 4) is 11.5 Å². The molecule has 0 radical (unpaired) electrons. The summed E-state index contributed by atoms with van der Waals surface area (Å²) >= 11 is 0. The number of nitrogens with one attached hydrogen (secondary N) is 1. The Morgan fingerprint density at radius 2 is 1.81 bits per heavy atom. The van der Waals surface area contributed by atoms with Crippen LogP contribution >= 0.6 is 0 Å². The zero-order valence-electron chi connectivity index (χ0n) is 15.4. The van der Waals surface area contributed by atoms with Gasteiger partial charge in [0.25, 0.3) is 5.91 Å². The Kier molecular flexibility index (Phi) is 6.19. The number of hydrogen-bond donors (Lipinski definition) is 1. The largest absolute Gasteiger partial charge is 0.441 e. The normalized spacial score (nSPS) is 11.9. The second-order valence-electron chi connectivity index (χ2n) is 6.16. The number of hydrogen-bond acceptors (Lipinski definition) is 4. The van der Waals surface area contributed by atoms with Crippen molar-refractivity contribution in [1.82, 2.24) is 10.3 Å². The lowest BCUT2D eigenvalue weighted by molar-refractivity contribution is 0.0953. The van der Waals surface area contributed by atoms with E-state index in [0.717, 1.165) is 16.9 Å². The predicted octanol–water partition coefficient (Wildman–Crippen LogP) is 4.10. The summed E-state index contributed by atoms with van der Waals surface area (Å²) in [5, 5.41) is 2.85. The third-order valence-electron chi connectivity index (χ3n) is 4.10. The molecule has 1 aromatic heterocycles. The zero-order chi connectivity index (χ0) is 19.2. The van der Waals surface area contributed by atoms with Crippen LogP contribution in [0, 0.1) is 6.92 Å². The number of carbonyl (C=O) groups is 1. The second kappa shape index (κ2) is 8.77. The molecule has 0 fully saturated rings. The fourth-order valence-corrected chi connectivity index (χ4v) is 3.71. The predicted molar refractivity (Wildman–Crippen MR) is 106 cm³/mol. The molecule has 6 heteroatoms. The van der Waals surface area contributed by atoms with E-state index in [1.165, 1.54) is 0 Å². The Labute approximate surface area is 161 Å². The van der Waals surface area contributed by atoms with E-state index in [0.29, 0.717) is 35.2 Å². The van der Waals surface area contributed by atoms with Crippen molar-refractivity contribution in [2.24, 2.45) is 0 Å². The van der Waals surface area contributed by atoms with Gasteiger partial charge in [-0.25, -0.2) is 4.98 Å². The number of rotatable bonds is 7. The van der Waals surface area contributed by atoms with Crippen molar-refractivity contribution < 1.29 is 13.4 Å². The van der Waals surface area contributed by atoms with Gasteiger partial charge in [-0.2, -0.15) is 0 Å². The van der Waals surface area contributed by atoms with Crippen molar-refractivity contribution in [3.63, 3.8) is 0 Å². The minimum Gasteiger partial charge on any atom is -0.441 e. The van der Waals surface area contributed by atoms with Crippen LogP contribution in [0.4, 0.5) is 0 Å². The molecule has 140 valence electrons. The summed E-state index contributed by atoms with van der Waals surface area (Å²) in [5.41, 5.74) is 2.06. The van der Waals surface area contributed by atoms with Gasteiger partial charge in [-0.15, -0.1) is 0 Å². The maximum absolute atomic E-state index is 12.5. The van der Waals surface area contributed by atoms with Crippen LogP contribution in [0.15, 0.2) is 63.9 Å². The Morgan fingerprint density at radius 3 is 2.48 bits per heavy atom. The summed E-state index contributed by atoms with van der Waals surface area (Å²) in [7, 11) is -1.18. The Balaban J connectivity index is 1.74. The van der Waals surface area contributed by atoms with E-state index in [2.05, 4.69) is 10.3 Å². The topological polar surface area (TPSA) is 72.2 Å². The summed E-state index contributed by atoms with van der Waals surface area (Å²) in [6.45, 7) is 4.48. The second-order valence-corrected chi connectivity index (χ2v) is 7.61. The van der Waals surface area contributed by atoms with Gasteiger partial charge in [0, 0.05) is 22.6 Å². The van der Waals surface area contributed by atoms with E-state index in [-0.39, 0.29) is 5.91 Å². The number of nitrogens with zero attached hydrogens (tertiary/aromatic N) is 1. The minimum absolute atomic E-state index is 0.0917. The number of aromatic nitrogens is 1. The van der Waals surface area contributed by atoms with Crippen molar-refractivity contribution >= 4 is 16.7 Å². The van der Waals surface area contributed by atoms with Crippen LogP contribution in [0.2, 0.25) is 0 Å². The highest BCUT2D eigenvalue weighted by molar-refractivity contribution is 7.84. The molecule has 3 aromatic rings. The molecule has 5 nitrogen and oxygen atoms in total. The van der Waals surface area contributed by atoms with Gasteiger partial charge in [0.15, 0.2) is 0 Å². The number of carbonyl (C=O) groups excluding carboxylic acids is 1. The minimum atomic E-state index is -1.18. The molecule has 0 aliphatic carbocycles. The first-order chi connectivity index (χ1) is 13.1. The van der Waals surface area contributed by atoms with Crippen LogP contribution in [-0.4, -0.2) is 21.6 Å². The van der Waals surface area contributed by atoms with E-state index < -0.39 is 10.8 Å². The first-order valence-electron chi connectivity index (χ1n) is 8.87. The third kappa shape index (κ3) is 4.71. The van der Waals surface area contributed by atoms with Gasteiger partial charge < -0.3 is 9.73 Å². The first-order valence-corrected chi connectivity index (χ1v) is 10.2. The van der Waals surface area contributed by atoms with E-state index in [1.807, 2.05) is 56.3 Å². The van der Waals surface area contributed by atoms with Crippen molar-refractivity contribution in [3.05, 3.63) is 71.6 Å². The molecule has 0 aliphatic heterocycles. The fourth-order valence-electron chi connectivity index (χ4n) is 2.57. The molecule has 0 aliphatic rings. The van der Waals surface area contributed by atoms with Crippen LogP contribution in [-0.2, 0) is 16.6 Å². The van der Waals surface area contributed by atoms with Crippen LogP contribution in [0.3, 0.4) is 0 Å². The summed E-state index contributed by atoms with van der Waals surface area (Å²) in [4.78, 5) is 17.3. The monoisotopic (exact) mass is 382 g/mol. The van der Waals surface area contributed by atoms with Gasteiger partial charge >= 0.3 is 0 Å². The molecular formula is C21H22N2O3S. The summed E-state index contributed by atoms with van der Waals surface area (Å²) < 4.78 is 18.3. The molecule has 27 heavy (non-hydrogen) atoms. The summed E-state index contributed by atoms with van der Waals surface area (Å²) in [5.74, 6) is 1.33. The molecular weight excluding hydrogens is 360 g/mol. The average Bonchev–Trinajstić information content (AvgIpc) is 3.07. The van der Waals surface area contributed by atoms with Crippen LogP contribution in [0.25, 0.3) is 11.5 Å². The quantitative estimate of drug-likeness (QED) is 0.668. The lowest BCUT2D eigenvalue weighted by atomic mass is 10.1. The van der Waals surface area contributed by atoms with Gasteiger partial charge in [-0.1, -0.05) is 25.1 Å². The molecule has 0 unspecified atom stereocenters. The SMILES string of the molecule is CCCNC(=O)c1ccc(-c2nc(C[S@](=O)c3ccccc3)c(C)o2)cc1. The Morgan fingerprint density at radius 1 is 1.11 bits per heavy atom. The summed E-state index contributed by atoms with van der Waals surface area (Å²) in [6, 6.07) is 16.4. The molecule has 1 atom stereocenters. The number of amides is 1. The molecule has 0 bridgehead atoms. The van der Waals surface area contributed by atoms with E-state index >= 15 is 0 Å². The average molecular weight is 382 g/mol. The van der Waals surface area contributed by atoms with Gasteiger partial charge in [-0.05, 0) is 49.7 Å². The van der Waals surface area contributed by atoms with E-state index in [1.54, 1.807) is 12.1 Å². The van der Waals surface area contributed by atoms with Crippen molar-refractivity contribution in [1.29, 1.82) is 0 Å². The number of benzene rings is 2. The highest BCUT2D eigenvalue weighted by atomic mass is 32.2. The lowest BCUT2D eigenvalue weighted by Crippen LogP contribution is -2.23. The van der Waals surface area contributed by atoms with Crippen LogP contribution in [0.5, 0.6) is 0 Å². The zero-order valence-corrected chi connectivity index (χ0v) is 16.2. The molecule has 0 spiro atoms. The van der Waals surface area contributed by atoms with Gasteiger partial charge in [0.1, 0.15) is 5.76 Å². The Bertz CT molecular complexity index is 934. The van der Waals surface area contributed by atoms with Gasteiger partial charge in [0.2, 0.25) is 5.89 Å². The van der Waals surface area contributed by atoms with Crippen molar-refractivity contribution in [2.75, 3.05) is 6.54 Å². The van der Waals surface area contributed by atoms with Crippen molar-refractivity contribution in [2.45, 2.75) is 30.9 Å². The molecule has 0 saturated carbocycles. The van der Waals surface area contributed by atoms with E-state index in [4.69, 9.17) is 4.42 Å². The maximum Gasteiger partial charge on any atom is 0.251 e. The standard InChI is InChI=1S/C21H22N2O3S/c1-3-13-22-20(24)16-9-11-17(12-10-16)21-23-19(15(2)26-21)14-27(25)18-7-5-4-6-8-18/h4-12H,3,13-14H2,1-2H3,(H,22,24)/t27-/m0/s1. The summed E-state index contributed by atoms with van der Waals surface area (Å²) in [6.07, 6.45) is 0.895. The highest BCUT2D eigenvalue weighted by Crippen LogP contribution is 2.24. The van der Waals surface area contributed by atoms with Gasteiger partial charge in [-0.3, -0.25) is 9.00 Å². The Hall–Kier alpha value is -2.73. The molecule has 3 rings (SSSR count). The van der Waals surface area contributed by atoms with Gasteiger partial charge in [0.05, 0.1) is 22.2 Å². The highest BCUT2D eigenvalue weighted by Gasteiger charge is 2.15. The number of oxazole rings is 1. The van der Waals surface area contributed by atoms with Crippen LogP contribution in [0.1, 0.15) is 35.2 Å². The smallest absolute Gasteiger partial charge is 0.251 e. The van der Waals surface area contributed by atoms with Crippen LogP contribution < -0.4 is 5.32 Å². The molecule has 0 saturated heterocycles.